The summed E-state index contributed by atoms with van der Waals surface area (Å²) in [5.41, 5.74) is 1.15. The average Bonchev–Trinajstić information content (AvgIpc) is 3.00. The zero-order valence-electron chi connectivity index (χ0n) is 15.8. The third-order valence-electron chi connectivity index (χ3n) is 4.73. The number of piperidine rings is 1. The van der Waals surface area contributed by atoms with E-state index in [4.69, 9.17) is 0 Å². The fourth-order valence-electron chi connectivity index (χ4n) is 3.08. The smallest absolute Gasteiger partial charge is 0.350 e. The number of sulfonamides is 1. The van der Waals surface area contributed by atoms with E-state index in [-0.39, 0.29) is 43.0 Å². The largest absolute Gasteiger partial charge is 0.356 e. The lowest BCUT2D eigenvalue weighted by Crippen LogP contribution is -2.45. The van der Waals surface area contributed by atoms with Crippen LogP contribution in [0.2, 0.25) is 0 Å². The second kappa shape index (κ2) is 10.6. The summed E-state index contributed by atoms with van der Waals surface area (Å²) >= 11 is 0. The SMILES string of the molecule is CN=C(NCC1CCN(S(=O)(=O)C(F)F)CC1)N(C)Cc1cccn1C.I. The Kier molecular flexibility index (Phi) is 9.42. The minimum atomic E-state index is -4.46. The molecular weight excluding hydrogens is 491 g/mol. The number of alkyl halides is 2. The number of hydrogen-bond acceptors (Lipinski definition) is 3. The van der Waals surface area contributed by atoms with Crippen LogP contribution < -0.4 is 5.32 Å². The molecule has 0 radical (unpaired) electrons. The number of hydrogen-bond donors (Lipinski definition) is 1. The van der Waals surface area contributed by atoms with Gasteiger partial charge in [0.05, 0.1) is 6.54 Å². The van der Waals surface area contributed by atoms with Gasteiger partial charge in [-0.05, 0) is 30.9 Å². The first kappa shape index (κ1) is 24.1. The number of aromatic nitrogens is 1. The van der Waals surface area contributed by atoms with Gasteiger partial charge in [-0.3, -0.25) is 4.99 Å². The van der Waals surface area contributed by atoms with E-state index in [0.717, 1.165) is 16.0 Å². The van der Waals surface area contributed by atoms with Crippen LogP contribution in [0.4, 0.5) is 8.78 Å². The molecule has 156 valence electrons. The highest BCUT2D eigenvalue weighted by molar-refractivity contribution is 14.0. The van der Waals surface area contributed by atoms with Gasteiger partial charge in [-0.2, -0.15) is 13.1 Å². The Morgan fingerprint density at radius 1 is 1.41 bits per heavy atom. The van der Waals surface area contributed by atoms with Crippen LogP contribution >= 0.6 is 24.0 Å². The molecule has 0 unspecified atom stereocenters. The summed E-state index contributed by atoms with van der Waals surface area (Å²) in [7, 11) is 1.18. The maximum absolute atomic E-state index is 12.6. The van der Waals surface area contributed by atoms with Crippen LogP contribution in [0.25, 0.3) is 0 Å². The van der Waals surface area contributed by atoms with Gasteiger partial charge in [-0.15, -0.1) is 24.0 Å². The molecule has 1 N–H and O–H groups in total. The standard InChI is InChI=1S/C16H27F2N5O2S.HI/c1-19-16(22(3)12-14-5-4-8-21(14)2)20-11-13-6-9-23(10-7-13)26(24,25)15(17)18;/h4-5,8,13,15H,6-7,9-12H2,1-3H3,(H,19,20);1H. The Morgan fingerprint density at radius 2 is 2.04 bits per heavy atom. The van der Waals surface area contributed by atoms with Gasteiger partial charge in [0.15, 0.2) is 5.96 Å². The van der Waals surface area contributed by atoms with Crippen molar-refractivity contribution in [2.75, 3.05) is 33.7 Å². The minimum Gasteiger partial charge on any atom is -0.356 e. The summed E-state index contributed by atoms with van der Waals surface area (Å²) in [4.78, 5) is 6.28. The molecule has 1 aromatic rings. The normalized spacial score (nSPS) is 17.0. The number of halogens is 3. The second-order valence-corrected chi connectivity index (χ2v) is 8.45. The number of rotatable bonds is 6. The van der Waals surface area contributed by atoms with Crippen molar-refractivity contribution in [3.05, 3.63) is 24.0 Å². The van der Waals surface area contributed by atoms with Gasteiger partial charge in [-0.25, -0.2) is 8.42 Å². The number of nitrogens with one attached hydrogen (secondary N) is 1. The molecule has 1 aromatic heterocycles. The highest BCUT2D eigenvalue weighted by atomic mass is 127. The minimum absolute atomic E-state index is 0. The molecule has 27 heavy (non-hydrogen) atoms. The van der Waals surface area contributed by atoms with Gasteiger partial charge in [0.2, 0.25) is 0 Å². The van der Waals surface area contributed by atoms with Crippen molar-refractivity contribution in [2.45, 2.75) is 25.1 Å². The third-order valence-corrected chi connectivity index (χ3v) is 6.27. The molecule has 0 spiro atoms. The topological polar surface area (TPSA) is 69.9 Å². The number of aliphatic imine (C=N–C) groups is 1. The summed E-state index contributed by atoms with van der Waals surface area (Å²) < 4.78 is 51.2. The molecule has 0 atom stereocenters. The Labute approximate surface area is 176 Å². The Balaban J connectivity index is 0.00000364. The van der Waals surface area contributed by atoms with Gasteiger partial charge in [0.25, 0.3) is 10.0 Å². The van der Waals surface area contributed by atoms with Crippen molar-refractivity contribution in [3.8, 4) is 0 Å². The fraction of sp³-hybridized carbons (Fsp3) is 0.688. The van der Waals surface area contributed by atoms with Crippen molar-refractivity contribution in [2.24, 2.45) is 18.0 Å². The molecule has 0 aliphatic carbocycles. The van der Waals surface area contributed by atoms with E-state index in [1.54, 1.807) is 7.05 Å². The van der Waals surface area contributed by atoms with Crippen LogP contribution in [0, 0.1) is 5.92 Å². The predicted molar refractivity (Wildman–Crippen MR) is 113 cm³/mol. The summed E-state index contributed by atoms with van der Waals surface area (Å²) in [5, 5.41) is 3.30. The van der Waals surface area contributed by atoms with Crippen LogP contribution in [0.3, 0.4) is 0 Å². The molecule has 1 fully saturated rings. The summed E-state index contributed by atoms with van der Waals surface area (Å²) in [6.07, 6.45) is 3.09. The average molecular weight is 519 g/mol. The van der Waals surface area contributed by atoms with Crippen LogP contribution in [-0.2, 0) is 23.6 Å². The zero-order valence-corrected chi connectivity index (χ0v) is 19.0. The van der Waals surface area contributed by atoms with Crippen LogP contribution in [0.15, 0.2) is 23.3 Å². The van der Waals surface area contributed by atoms with Crippen LogP contribution in [0.5, 0.6) is 0 Å². The lowest BCUT2D eigenvalue weighted by atomic mass is 9.98. The van der Waals surface area contributed by atoms with Gasteiger partial charge in [0.1, 0.15) is 0 Å². The molecule has 1 aliphatic heterocycles. The molecule has 1 saturated heterocycles. The molecular formula is C16H28F2IN5O2S. The lowest BCUT2D eigenvalue weighted by Gasteiger charge is -2.32. The lowest BCUT2D eigenvalue weighted by molar-refractivity contribution is 0.204. The summed E-state index contributed by atoms with van der Waals surface area (Å²) in [5.74, 6) is -2.38. The Hall–Kier alpha value is -0.950. The number of guanidine groups is 1. The van der Waals surface area contributed by atoms with E-state index in [1.165, 1.54) is 0 Å². The highest BCUT2D eigenvalue weighted by Crippen LogP contribution is 2.22. The predicted octanol–water partition coefficient (Wildman–Crippen LogP) is 1.91. The summed E-state index contributed by atoms with van der Waals surface area (Å²) in [6, 6.07) is 4.03. The first-order chi connectivity index (χ1) is 12.3. The van der Waals surface area contributed by atoms with Crippen LogP contribution in [0.1, 0.15) is 18.5 Å². The van der Waals surface area contributed by atoms with Crippen LogP contribution in [-0.4, -0.2) is 67.6 Å². The number of aryl methyl sites for hydroxylation is 1. The van der Waals surface area contributed by atoms with Crippen molar-refractivity contribution >= 4 is 40.0 Å². The van der Waals surface area contributed by atoms with E-state index in [9.17, 15) is 17.2 Å². The van der Waals surface area contributed by atoms with Gasteiger partial charge >= 0.3 is 5.76 Å². The van der Waals surface area contributed by atoms with Crippen molar-refractivity contribution < 1.29 is 17.2 Å². The van der Waals surface area contributed by atoms with Gasteiger partial charge in [0, 0.05) is 52.7 Å². The maximum Gasteiger partial charge on any atom is 0.350 e. The van der Waals surface area contributed by atoms with E-state index >= 15 is 0 Å². The van der Waals surface area contributed by atoms with Crippen molar-refractivity contribution in [1.82, 2.24) is 19.1 Å². The van der Waals surface area contributed by atoms with E-state index in [0.29, 0.717) is 25.9 Å². The quantitative estimate of drug-likeness (QED) is 0.355. The Morgan fingerprint density at radius 3 is 2.52 bits per heavy atom. The first-order valence-electron chi connectivity index (χ1n) is 8.54. The molecule has 2 rings (SSSR count). The van der Waals surface area contributed by atoms with Crippen molar-refractivity contribution in [1.29, 1.82) is 0 Å². The van der Waals surface area contributed by atoms with Gasteiger partial charge in [-0.1, -0.05) is 0 Å². The monoisotopic (exact) mass is 519 g/mol. The Bertz CT molecular complexity index is 718. The molecule has 0 saturated carbocycles. The third kappa shape index (κ3) is 6.28. The fourth-order valence-corrected chi connectivity index (χ4v) is 4.02. The van der Waals surface area contributed by atoms with Crippen molar-refractivity contribution in [3.63, 3.8) is 0 Å². The number of nitrogens with zero attached hydrogens (tertiary/aromatic N) is 4. The highest BCUT2D eigenvalue weighted by Gasteiger charge is 2.34. The first-order valence-corrected chi connectivity index (χ1v) is 10.0. The maximum atomic E-state index is 12.6. The summed E-state index contributed by atoms with van der Waals surface area (Å²) in [6.45, 7) is 1.61. The van der Waals surface area contributed by atoms with E-state index in [2.05, 4.69) is 10.3 Å². The van der Waals surface area contributed by atoms with E-state index in [1.807, 2.05) is 41.9 Å². The molecule has 0 bridgehead atoms. The molecule has 7 nitrogen and oxygen atoms in total. The molecule has 1 aliphatic rings. The molecule has 11 heteroatoms. The van der Waals surface area contributed by atoms with E-state index < -0.39 is 15.8 Å². The molecule has 0 amide bonds. The second-order valence-electron chi connectivity index (χ2n) is 6.54. The van der Waals surface area contributed by atoms with Gasteiger partial charge < -0.3 is 14.8 Å². The zero-order chi connectivity index (χ0) is 19.3. The molecule has 2 heterocycles. The molecule has 0 aromatic carbocycles.